The molecule has 0 radical (unpaired) electrons. The third-order valence-electron chi connectivity index (χ3n) is 2.30. The molecule has 0 spiro atoms. The number of hydrogen-bond donors (Lipinski definition) is 1. The van der Waals surface area contributed by atoms with Crippen LogP contribution < -0.4 is 0 Å². The van der Waals surface area contributed by atoms with Gasteiger partial charge in [-0.3, -0.25) is 0 Å². The molecule has 0 aliphatic heterocycles. The zero-order valence-corrected chi connectivity index (χ0v) is 5.70. The quantitative estimate of drug-likeness (QED) is 0.473. The Morgan fingerprint density at radius 3 is 2.62 bits per heavy atom. The maximum atomic E-state index is 4.36. The van der Waals surface area contributed by atoms with Crippen molar-refractivity contribution in [3.63, 3.8) is 0 Å². The molecule has 0 heterocycles. The van der Waals surface area contributed by atoms with Crippen LogP contribution in [0.2, 0.25) is 0 Å². The smallest absolute Gasteiger partial charge is 0.0102 e. The van der Waals surface area contributed by atoms with Crippen LogP contribution in [0.25, 0.3) is 0 Å². The molecule has 2 rings (SSSR count). The van der Waals surface area contributed by atoms with E-state index in [0.29, 0.717) is 0 Å². The highest BCUT2D eigenvalue weighted by Gasteiger charge is 2.30. The first-order chi connectivity index (χ1) is 3.86. The van der Waals surface area contributed by atoms with Gasteiger partial charge in [-0.25, -0.2) is 0 Å². The average Bonchev–Trinajstić information content (AvgIpc) is 2.23. The molecular weight excluding hydrogens is 116 g/mol. The van der Waals surface area contributed by atoms with Crippen molar-refractivity contribution in [2.75, 3.05) is 0 Å². The Balaban J connectivity index is 2.29. The minimum Gasteiger partial charge on any atom is -0.148 e. The van der Waals surface area contributed by atoms with Gasteiger partial charge in [-0.1, -0.05) is 6.08 Å². The summed E-state index contributed by atoms with van der Waals surface area (Å²) >= 11 is 4.36. The van der Waals surface area contributed by atoms with E-state index in [0.717, 1.165) is 11.8 Å². The summed E-state index contributed by atoms with van der Waals surface area (Å²) in [5.74, 6) is 1.77. The van der Waals surface area contributed by atoms with Crippen LogP contribution in [-0.2, 0) is 0 Å². The molecule has 2 aliphatic carbocycles. The molecule has 44 valence electrons. The maximum absolute atomic E-state index is 4.36. The van der Waals surface area contributed by atoms with Gasteiger partial charge in [0.05, 0.1) is 0 Å². The van der Waals surface area contributed by atoms with E-state index in [9.17, 15) is 0 Å². The zero-order valence-electron chi connectivity index (χ0n) is 4.80. The largest absolute Gasteiger partial charge is 0.148 e. The summed E-state index contributed by atoms with van der Waals surface area (Å²) < 4.78 is 0. The second-order valence-electron chi connectivity index (χ2n) is 2.86. The van der Waals surface area contributed by atoms with Crippen molar-refractivity contribution in [3.8, 4) is 0 Å². The Kier molecular flexibility index (Phi) is 0.944. The number of rotatable bonds is 0. The van der Waals surface area contributed by atoms with Gasteiger partial charge < -0.3 is 0 Å². The average molecular weight is 126 g/mol. The van der Waals surface area contributed by atoms with Gasteiger partial charge in [-0.15, -0.1) is 12.6 Å². The molecular formula is C7H10S. The lowest BCUT2D eigenvalue weighted by Crippen LogP contribution is -1.89. The zero-order chi connectivity index (χ0) is 5.56. The van der Waals surface area contributed by atoms with Crippen molar-refractivity contribution in [3.05, 3.63) is 11.0 Å². The molecule has 1 saturated carbocycles. The van der Waals surface area contributed by atoms with E-state index in [-0.39, 0.29) is 0 Å². The normalized spacial score (nSPS) is 42.9. The van der Waals surface area contributed by atoms with Crippen LogP contribution in [0.5, 0.6) is 0 Å². The lowest BCUT2D eigenvalue weighted by Gasteiger charge is -2.04. The van der Waals surface area contributed by atoms with E-state index < -0.39 is 0 Å². The van der Waals surface area contributed by atoms with Crippen molar-refractivity contribution in [1.82, 2.24) is 0 Å². The van der Waals surface area contributed by atoms with Gasteiger partial charge >= 0.3 is 0 Å². The molecule has 1 fully saturated rings. The molecule has 2 unspecified atom stereocenters. The summed E-state index contributed by atoms with van der Waals surface area (Å²) in [6, 6.07) is 0. The number of thiol groups is 1. The summed E-state index contributed by atoms with van der Waals surface area (Å²) in [5.41, 5.74) is 0. The van der Waals surface area contributed by atoms with Gasteiger partial charge in [-0.2, -0.15) is 0 Å². The molecule has 0 aromatic carbocycles. The monoisotopic (exact) mass is 126 g/mol. The molecule has 2 atom stereocenters. The first-order valence-electron chi connectivity index (χ1n) is 3.27. The Morgan fingerprint density at radius 2 is 2.38 bits per heavy atom. The van der Waals surface area contributed by atoms with E-state index in [1.807, 2.05) is 0 Å². The number of allylic oxidation sites excluding steroid dienone is 2. The standard InChI is InChI=1S/C7H10S/c8-7-4-5-1-2-6(7)3-5/h4-6,8H,1-3H2. The highest BCUT2D eigenvalue weighted by molar-refractivity contribution is 7.84. The summed E-state index contributed by atoms with van der Waals surface area (Å²) in [4.78, 5) is 1.36. The van der Waals surface area contributed by atoms with Crippen LogP contribution in [0, 0.1) is 11.8 Å². The van der Waals surface area contributed by atoms with Gasteiger partial charge in [0, 0.05) is 0 Å². The molecule has 0 aromatic rings. The number of fused-ring (bicyclic) bond motifs is 2. The molecule has 0 amide bonds. The summed E-state index contributed by atoms with van der Waals surface area (Å²) in [6.45, 7) is 0. The lowest BCUT2D eigenvalue weighted by molar-refractivity contribution is 0.686. The molecule has 0 saturated heterocycles. The van der Waals surface area contributed by atoms with Gasteiger partial charge in [0.15, 0.2) is 0 Å². The maximum Gasteiger partial charge on any atom is -0.0102 e. The third kappa shape index (κ3) is 0.540. The molecule has 2 aliphatic rings. The van der Waals surface area contributed by atoms with E-state index >= 15 is 0 Å². The van der Waals surface area contributed by atoms with Crippen LogP contribution in [0.1, 0.15) is 19.3 Å². The van der Waals surface area contributed by atoms with E-state index in [1.54, 1.807) is 0 Å². The fourth-order valence-corrected chi connectivity index (χ4v) is 2.26. The van der Waals surface area contributed by atoms with Crippen molar-refractivity contribution >= 4 is 12.6 Å². The van der Waals surface area contributed by atoms with E-state index in [2.05, 4.69) is 18.7 Å². The highest BCUT2D eigenvalue weighted by Crippen LogP contribution is 2.44. The Hall–Kier alpha value is 0.0900. The van der Waals surface area contributed by atoms with E-state index in [4.69, 9.17) is 0 Å². The van der Waals surface area contributed by atoms with Crippen LogP contribution >= 0.6 is 12.6 Å². The second-order valence-corrected chi connectivity index (χ2v) is 3.38. The highest BCUT2D eigenvalue weighted by atomic mass is 32.1. The van der Waals surface area contributed by atoms with Crippen molar-refractivity contribution in [1.29, 1.82) is 0 Å². The Labute approximate surface area is 55.4 Å². The summed E-state index contributed by atoms with van der Waals surface area (Å²) in [6.07, 6.45) is 6.56. The molecule has 0 N–H and O–H groups in total. The molecule has 0 aromatic heterocycles. The first kappa shape index (κ1) is 4.92. The van der Waals surface area contributed by atoms with Crippen molar-refractivity contribution < 1.29 is 0 Å². The van der Waals surface area contributed by atoms with Crippen LogP contribution in [0.4, 0.5) is 0 Å². The van der Waals surface area contributed by atoms with Crippen LogP contribution in [0.3, 0.4) is 0 Å². The van der Waals surface area contributed by atoms with Gasteiger partial charge in [0.1, 0.15) is 0 Å². The second kappa shape index (κ2) is 1.53. The predicted octanol–water partition coefficient (Wildman–Crippen LogP) is 2.23. The fraction of sp³-hybridized carbons (Fsp3) is 0.714. The first-order valence-corrected chi connectivity index (χ1v) is 3.71. The predicted molar refractivity (Wildman–Crippen MR) is 37.9 cm³/mol. The van der Waals surface area contributed by atoms with Crippen molar-refractivity contribution in [2.45, 2.75) is 19.3 Å². The minimum atomic E-state index is 0.864. The minimum absolute atomic E-state index is 0.864. The topological polar surface area (TPSA) is 0 Å². The fourth-order valence-electron chi connectivity index (χ4n) is 1.81. The van der Waals surface area contributed by atoms with Gasteiger partial charge in [0.2, 0.25) is 0 Å². The molecule has 0 nitrogen and oxygen atoms in total. The van der Waals surface area contributed by atoms with Crippen LogP contribution in [0.15, 0.2) is 11.0 Å². The summed E-state index contributed by atoms with van der Waals surface area (Å²) in [7, 11) is 0. The number of hydrogen-bond acceptors (Lipinski definition) is 1. The molecule has 2 bridgehead atoms. The Morgan fingerprint density at radius 1 is 1.50 bits per heavy atom. The SMILES string of the molecule is SC1=CC2CCC1C2. The summed E-state index contributed by atoms with van der Waals surface area (Å²) in [5, 5.41) is 0. The third-order valence-corrected chi connectivity index (χ3v) is 2.81. The molecule has 1 heteroatoms. The van der Waals surface area contributed by atoms with Crippen LogP contribution in [-0.4, -0.2) is 0 Å². The van der Waals surface area contributed by atoms with Gasteiger partial charge in [-0.05, 0) is 36.0 Å². The van der Waals surface area contributed by atoms with Gasteiger partial charge in [0.25, 0.3) is 0 Å². The lowest BCUT2D eigenvalue weighted by atomic mass is 10.1. The Bertz CT molecular complexity index is 137. The molecule has 8 heavy (non-hydrogen) atoms. The van der Waals surface area contributed by atoms with E-state index in [1.165, 1.54) is 24.2 Å². The van der Waals surface area contributed by atoms with Crippen molar-refractivity contribution in [2.24, 2.45) is 11.8 Å².